The molecule has 1 aromatic heterocycles. The molecule has 12 heavy (non-hydrogen) atoms. The Hall–Kier alpha value is -0.900. The number of hydrogen-bond acceptors (Lipinski definition) is 2. The van der Waals surface area contributed by atoms with E-state index in [9.17, 15) is 4.79 Å². The Morgan fingerprint density at radius 3 is 2.92 bits per heavy atom. The molecule has 1 aliphatic rings. The number of hydrogen-bond donors (Lipinski definition) is 1. The first-order chi connectivity index (χ1) is 5.68. The predicted octanol–water partition coefficient (Wildman–Crippen LogP) is 1.49. The highest BCUT2D eigenvalue weighted by molar-refractivity contribution is 7.71. The third kappa shape index (κ3) is 1.22. The summed E-state index contributed by atoms with van der Waals surface area (Å²) in [5.41, 5.74) is -0.121. The van der Waals surface area contributed by atoms with Crippen LogP contribution in [0.15, 0.2) is 17.1 Å². The van der Waals surface area contributed by atoms with E-state index < -0.39 is 0 Å². The molecule has 64 valence electrons. The first kappa shape index (κ1) is 7.73. The molecule has 0 aliphatic heterocycles. The fourth-order valence-corrected chi connectivity index (χ4v) is 1.68. The van der Waals surface area contributed by atoms with Crippen molar-refractivity contribution >= 4 is 12.2 Å². The standard InChI is InChI=1S/C8H10N2OS/c1-5-4-6(5)10-3-2-7(11)9-8(10)12/h2-3,5-6H,4H2,1H3,(H,9,11,12). The molecule has 0 saturated heterocycles. The highest BCUT2D eigenvalue weighted by Gasteiger charge is 2.34. The number of aromatic nitrogens is 2. The molecule has 3 nitrogen and oxygen atoms in total. The van der Waals surface area contributed by atoms with Crippen LogP contribution in [-0.4, -0.2) is 9.55 Å². The van der Waals surface area contributed by atoms with E-state index in [1.54, 1.807) is 6.20 Å². The molecular weight excluding hydrogens is 172 g/mol. The van der Waals surface area contributed by atoms with E-state index in [0.29, 0.717) is 16.7 Å². The summed E-state index contributed by atoms with van der Waals surface area (Å²) in [6.45, 7) is 2.18. The summed E-state index contributed by atoms with van der Waals surface area (Å²) in [7, 11) is 0. The lowest BCUT2D eigenvalue weighted by Crippen LogP contribution is -2.10. The van der Waals surface area contributed by atoms with Crippen molar-refractivity contribution in [3.05, 3.63) is 27.4 Å². The van der Waals surface area contributed by atoms with Gasteiger partial charge in [0.05, 0.1) is 0 Å². The summed E-state index contributed by atoms with van der Waals surface area (Å²) >= 11 is 5.02. The monoisotopic (exact) mass is 182 g/mol. The number of rotatable bonds is 1. The van der Waals surface area contributed by atoms with E-state index in [1.165, 1.54) is 12.5 Å². The van der Waals surface area contributed by atoms with Crippen LogP contribution in [0.1, 0.15) is 19.4 Å². The average molecular weight is 182 g/mol. The second-order valence-electron chi connectivity index (χ2n) is 3.30. The maximum absolute atomic E-state index is 10.8. The van der Waals surface area contributed by atoms with E-state index in [4.69, 9.17) is 12.2 Å². The van der Waals surface area contributed by atoms with Gasteiger partial charge in [0.25, 0.3) is 5.56 Å². The largest absolute Gasteiger partial charge is 0.322 e. The summed E-state index contributed by atoms with van der Waals surface area (Å²) in [5, 5.41) is 0. The van der Waals surface area contributed by atoms with Crippen LogP contribution in [0.5, 0.6) is 0 Å². The van der Waals surface area contributed by atoms with Crippen LogP contribution in [0.3, 0.4) is 0 Å². The third-order valence-corrected chi connectivity index (χ3v) is 2.59. The molecule has 0 radical (unpaired) electrons. The molecule has 1 saturated carbocycles. The Morgan fingerprint density at radius 2 is 2.42 bits per heavy atom. The molecule has 1 fully saturated rings. The zero-order valence-electron chi connectivity index (χ0n) is 6.78. The summed E-state index contributed by atoms with van der Waals surface area (Å²) in [5.74, 6) is 0.697. The summed E-state index contributed by atoms with van der Waals surface area (Å²) < 4.78 is 2.50. The lowest BCUT2D eigenvalue weighted by molar-refractivity contribution is 0.652. The van der Waals surface area contributed by atoms with Gasteiger partial charge in [-0.15, -0.1) is 0 Å². The van der Waals surface area contributed by atoms with E-state index >= 15 is 0 Å². The van der Waals surface area contributed by atoms with Crippen molar-refractivity contribution < 1.29 is 0 Å². The molecule has 2 unspecified atom stereocenters. The van der Waals surface area contributed by atoms with E-state index in [2.05, 4.69) is 11.9 Å². The molecule has 1 N–H and O–H groups in total. The highest BCUT2D eigenvalue weighted by Crippen LogP contribution is 2.42. The van der Waals surface area contributed by atoms with Crippen LogP contribution in [0.2, 0.25) is 0 Å². The second-order valence-corrected chi connectivity index (χ2v) is 3.68. The minimum Gasteiger partial charge on any atom is -0.322 e. The maximum Gasteiger partial charge on any atom is 0.251 e. The van der Waals surface area contributed by atoms with Gasteiger partial charge >= 0.3 is 0 Å². The van der Waals surface area contributed by atoms with Crippen LogP contribution in [-0.2, 0) is 0 Å². The minimum atomic E-state index is -0.121. The molecule has 0 aromatic carbocycles. The molecule has 0 spiro atoms. The normalized spacial score (nSPS) is 27.1. The van der Waals surface area contributed by atoms with Crippen molar-refractivity contribution in [2.75, 3.05) is 0 Å². The van der Waals surface area contributed by atoms with E-state index in [1.807, 2.05) is 4.57 Å². The van der Waals surface area contributed by atoms with Gasteiger partial charge in [-0.1, -0.05) is 6.92 Å². The van der Waals surface area contributed by atoms with Gasteiger partial charge < -0.3 is 4.57 Å². The van der Waals surface area contributed by atoms with Gasteiger partial charge in [-0.25, -0.2) is 0 Å². The molecule has 4 heteroatoms. The lowest BCUT2D eigenvalue weighted by atomic mass is 10.5. The second kappa shape index (κ2) is 2.55. The quantitative estimate of drug-likeness (QED) is 0.668. The molecule has 2 rings (SSSR count). The van der Waals surface area contributed by atoms with Gasteiger partial charge in [-0.2, -0.15) is 0 Å². The van der Waals surface area contributed by atoms with Crippen molar-refractivity contribution in [3.8, 4) is 0 Å². The Balaban J connectivity index is 2.46. The van der Waals surface area contributed by atoms with Crippen molar-refractivity contribution in [3.63, 3.8) is 0 Å². The lowest BCUT2D eigenvalue weighted by Gasteiger charge is -2.02. The van der Waals surface area contributed by atoms with Gasteiger partial charge in [0.2, 0.25) is 0 Å². The minimum absolute atomic E-state index is 0.121. The van der Waals surface area contributed by atoms with Gasteiger partial charge in [0.15, 0.2) is 4.77 Å². The first-order valence-corrected chi connectivity index (χ1v) is 4.41. The Bertz CT molecular complexity index is 406. The fourth-order valence-electron chi connectivity index (χ4n) is 1.38. The molecule has 2 atom stereocenters. The molecule has 1 heterocycles. The number of aromatic amines is 1. The van der Waals surface area contributed by atoms with Gasteiger partial charge in [-0.05, 0) is 24.6 Å². The molecular formula is C8H10N2OS. The van der Waals surface area contributed by atoms with Crippen molar-refractivity contribution in [2.45, 2.75) is 19.4 Å². The molecule has 1 aliphatic carbocycles. The Kier molecular flexibility index (Phi) is 1.65. The average Bonchev–Trinajstić information content (AvgIpc) is 2.66. The van der Waals surface area contributed by atoms with Crippen LogP contribution < -0.4 is 5.56 Å². The zero-order valence-corrected chi connectivity index (χ0v) is 7.60. The van der Waals surface area contributed by atoms with E-state index in [0.717, 1.165) is 0 Å². The van der Waals surface area contributed by atoms with Crippen molar-refractivity contribution in [1.29, 1.82) is 0 Å². The summed E-state index contributed by atoms with van der Waals surface area (Å²) in [6, 6.07) is 2.02. The smallest absolute Gasteiger partial charge is 0.251 e. The van der Waals surface area contributed by atoms with Gasteiger partial charge in [-0.3, -0.25) is 9.78 Å². The first-order valence-electron chi connectivity index (χ1n) is 4.00. The maximum atomic E-state index is 10.8. The Labute approximate surface area is 75.1 Å². The predicted molar refractivity (Wildman–Crippen MR) is 48.7 cm³/mol. The van der Waals surface area contributed by atoms with Crippen LogP contribution in [0, 0.1) is 10.7 Å². The molecule has 1 aromatic rings. The zero-order chi connectivity index (χ0) is 8.72. The summed E-state index contributed by atoms with van der Waals surface area (Å²) in [6.07, 6.45) is 2.94. The topological polar surface area (TPSA) is 37.8 Å². The number of nitrogens with zero attached hydrogens (tertiary/aromatic N) is 1. The van der Waals surface area contributed by atoms with E-state index in [-0.39, 0.29) is 5.56 Å². The van der Waals surface area contributed by atoms with Crippen molar-refractivity contribution in [1.82, 2.24) is 9.55 Å². The van der Waals surface area contributed by atoms with Crippen LogP contribution >= 0.6 is 12.2 Å². The Morgan fingerprint density at radius 1 is 1.75 bits per heavy atom. The highest BCUT2D eigenvalue weighted by atomic mass is 32.1. The van der Waals surface area contributed by atoms with Crippen LogP contribution in [0.25, 0.3) is 0 Å². The molecule has 0 bridgehead atoms. The van der Waals surface area contributed by atoms with Crippen LogP contribution in [0.4, 0.5) is 0 Å². The van der Waals surface area contributed by atoms with Crippen molar-refractivity contribution in [2.24, 2.45) is 5.92 Å². The third-order valence-electron chi connectivity index (χ3n) is 2.28. The fraction of sp³-hybridized carbons (Fsp3) is 0.500. The number of nitrogens with one attached hydrogen (secondary N) is 1. The summed E-state index contributed by atoms with van der Waals surface area (Å²) in [4.78, 5) is 13.4. The van der Waals surface area contributed by atoms with Gasteiger partial charge in [0.1, 0.15) is 0 Å². The number of H-pyrrole nitrogens is 1. The molecule has 0 amide bonds. The van der Waals surface area contributed by atoms with Gasteiger partial charge in [0, 0.05) is 18.3 Å². The SMILES string of the molecule is CC1CC1n1ccc(=O)[nH]c1=S.